The van der Waals surface area contributed by atoms with E-state index < -0.39 is 53.0 Å². The summed E-state index contributed by atoms with van der Waals surface area (Å²) < 4.78 is 53.4. The standard InChI is InChI=1S/C19H18F4N6O2/c20-14-11(15(21)17(23)29-16(14)22)6-3-9-1-4-10(5-2-9)27-19(31)13(8-25)28-18(30)12(26)7-24/h1-2,4-5,12-13H,7-8,24-26H2,(H,27,31)(H,28,30). The van der Waals surface area contributed by atoms with Gasteiger partial charge in [-0.2, -0.15) is 13.8 Å². The number of halogens is 4. The Balaban J connectivity index is 2.11. The minimum atomic E-state index is -1.81. The van der Waals surface area contributed by atoms with Crippen molar-refractivity contribution in [2.45, 2.75) is 12.1 Å². The maximum Gasteiger partial charge on any atom is 0.253 e. The van der Waals surface area contributed by atoms with Crippen LogP contribution in [-0.4, -0.2) is 42.0 Å². The molecular weight excluding hydrogens is 420 g/mol. The van der Waals surface area contributed by atoms with E-state index >= 15 is 0 Å². The highest BCUT2D eigenvalue weighted by molar-refractivity contribution is 5.98. The molecule has 31 heavy (non-hydrogen) atoms. The van der Waals surface area contributed by atoms with Crippen molar-refractivity contribution in [2.24, 2.45) is 17.2 Å². The van der Waals surface area contributed by atoms with E-state index in [1.54, 1.807) is 0 Å². The first kappa shape index (κ1) is 23.7. The lowest BCUT2D eigenvalue weighted by molar-refractivity contribution is -0.127. The van der Waals surface area contributed by atoms with Gasteiger partial charge in [0.15, 0.2) is 11.6 Å². The zero-order valence-electron chi connectivity index (χ0n) is 15.9. The number of nitrogens with one attached hydrogen (secondary N) is 2. The molecule has 0 saturated heterocycles. The second-order valence-electron chi connectivity index (χ2n) is 6.15. The van der Waals surface area contributed by atoms with E-state index in [-0.39, 0.29) is 18.7 Å². The summed E-state index contributed by atoms with van der Waals surface area (Å²) in [6.07, 6.45) is 0. The van der Waals surface area contributed by atoms with Gasteiger partial charge in [-0.15, -0.1) is 0 Å². The number of nitrogens with zero attached hydrogens (tertiary/aromatic N) is 1. The van der Waals surface area contributed by atoms with E-state index in [9.17, 15) is 27.2 Å². The largest absolute Gasteiger partial charge is 0.342 e. The van der Waals surface area contributed by atoms with E-state index in [2.05, 4.69) is 21.5 Å². The van der Waals surface area contributed by atoms with Gasteiger partial charge in [0, 0.05) is 24.3 Å². The van der Waals surface area contributed by atoms with Gasteiger partial charge in [0.1, 0.15) is 11.6 Å². The van der Waals surface area contributed by atoms with Crippen molar-refractivity contribution >= 4 is 17.5 Å². The van der Waals surface area contributed by atoms with Gasteiger partial charge < -0.3 is 27.8 Å². The molecule has 8 nitrogen and oxygen atoms in total. The van der Waals surface area contributed by atoms with Crippen molar-refractivity contribution < 1.29 is 27.2 Å². The van der Waals surface area contributed by atoms with Crippen LogP contribution in [0, 0.1) is 35.4 Å². The van der Waals surface area contributed by atoms with Gasteiger partial charge >= 0.3 is 0 Å². The number of carbonyl (C=O) groups excluding carboxylic acids is 2. The van der Waals surface area contributed by atoms with Crippen molar-refractivity contribution in [1.29, 1.82) is 0 Å². The topological polar surface area (TPSA) is 149 Å². The van der Waals surface area contributed by atoms with Crippen molar-refractivity contribution in [3.05, 3.63) is 58.9 Å². The maximum atomic E-state index is 13.6. The molecule has 2 amide bonds. The van der Waals surface area contributed by atoms with Crippen LogP contribution in [0.15, 0.2) is 24.3 Å². The van der Waals surface area contributed by atoms with Crippen LogP contribution in [0.3, 0.4) is 0 Å². The fraction of sp³-hybridized carbons (Fsp3) is 0.211. The molecule has 8 N–H and O–H groups in total. The van der Waals surface area contributed by atoms with Crippen LogP contribution in [0.1, 0.15) is 11.1 Å². The number of hydrogen-bond donors (Lipinski definition) is 5. The SMILES string of the molecule is NCC(N)C(=O)NC(CN)C(=O)Nc1ccc(C#Cc2c(F)c(F)nc(F)c2F)cc1. The number of hydrogen-bond acceptors (Lipinski definition) is 6. The Morgan fingerprint density at radius 1 is 0.935 bits per heavy atom. The molecule has 0 aliphatic rings. The predicted molar refractivity (Wildman–Crippen MR) is 103 cm³/mol. The summed E-state index contributed by atoms with van der Waals surface area (Å²) in [5.74, 6) is -3.93. The minimum absolute atomic E-state index is 0.111. The number of nitrogens with two attached hydrogens (primary N) is 3. The molecule has 1 heterocycles. The third-order valence-electron chi connectivity index (χ3n) is 3.94. The average molecular weight is 438 g/mol. The molecule has 2 unspecified atom stereocenters. The summed E-state index contributed by atoms with van der Waals surface area (Å²) in [6, 6.07) is 3.52. The number of benzene rings is 1. The molecule has 0 fully saturated rings. The molecular formula is C19H18F4N6O2. The van der Waals surface area contributed by atoms with Crippen molar-refractivity contribution in [1.82, 2.24) is 10.3 Å². The predicted octanol–water partition coefficient (Wildman–Crippen LogP) is -0.294. The molecule has 2 rings (SSSR count). The van der Waals surface area contributed by atoms with Gasteiger partial charge in [-0.1, -0.05) is 11.8 Å². The molecule has 1 aromatic carbocycles. The van der Waals surface area contributed by atoms with Crippen LogP contribution in [0.5, 0.6) is 0 Å². The van der Waals surface area contributed by atoms with E-state index in [0.717, 1.165) is 0 Å². The first-order valence-corrected chi connectivity index (χ1v) is 8.77. The highest BCUT2D eigenvalue weighted by atomic mass is 19.2. The molecule has 0 radical (unpaired) electrons. The lowest BCUT2D eigenvalue weighted by Crippen LogP contribution is -2.54. The fourth-order valence-corrected chi connectivity index (χ4v) is 2.21. The first-order chi connectivity index (χ1) is 14.7. The van der Waals surface area contributed by atoms with E-state index in [0.29, 0.717) is 5.69 Å². The Labute approximate surface area is 174 Å². The fourth-order valence-electron chi connectivity index (χ4n) is 2.21. The Kier molecular flexibility index (Phi) is 8.03. The summed E-state index contributed by atoms with van der Waals surface area (Å²) in [5.41, 5.74) is 15.7. The van der Waals surface area contributed by atoms with Gasteiger partial charge in [-0.3, -0.25) is 9.59 Å². The van der Waals surface area contributed by atoms with E-state index in [1.165, 1.54) is 24.3 Å². The molecule has 0 saturated carbocycles. The second kappa shape index (κ2) is 10.5. The summed E-state index contributed by atoms with van der Waals surface area (Å²) in [6.45, 7) is -0.311. The minimum Gasteiger partial charge on any atom is -0.342 e. The van der Waals surface area contributed by atoms with Gasteiger partial charge in [0.05, 0.1) is 6.04 Å². The molecule has 0 bridgehead atoms. The van der Waals surface area contributed by atoms with Gasteiger partial charge in [-0.25, -0.2) is 8.78 Å². The quantitative estimate of drug-likeness (QED) is 0.238. The van der Waals surface area contributed by atoms with Crippen molar-refractivity contribution in [3.8, 4) is 11.8 Å². The van der Waals surface area contributed by atoms with Gasteiger partial charge in [0.25, 0.3) is 11.9 Å². The summed E-state index contributed by atoms with van der Waals surface area (Å²) in [4.78, 5) is 26.5. The van der Waals surface area contributed by atoms with Crippen LogP contribution in [0.4, 0.5) is 23.2 Å². The zero-order chi connectivity index (χ0) is 23.1. The second-order valence-corrected chi connectivity index (χ2v) is 6.15. The van der Waals surface area contributed by atoms with Crippen LogP contribution in [0.25, 0.3) is 0 Å². The van der Waals surface area contributed by atoms with Crippen LogP contribution < -0.4 is 27.8 Å². The number of pyridine rings is 1. The van der Waals surface area contributed by atoms with Crippen LogP contribution >= 0.6 is 0 Å². The zero-order valence-corrected chi connectivity index (χ0v) is 15.9. The monoisotopic (exact) mass is 438 g/mol. The summed E-state index contributed by atoms with van der Waals surface area (Å²) in [5, 5.41) is 4.87. The van der Waals surface area contributed by atoms with Crippen molar-refractivity contribution in [2.75, 3.05) is 18.4 Å². The smallest absolute Gasteiger partial charge is 0.253 e. The Bertz CT molecular complexity index is 1010. The van der Waals surface area contributed by atoms with E-state index in [4.69, 9.17) is 17.2 Å². The lowest BCUT2D eigenvalue weighted by atomic mass is 10.1. The molecule has 2 aromatic rings. The van der Waals surface area contributed by atoms with Crippen LogP contribution in [-0.2, 0) is 9.59 Å². The molecule has 0 aliphatic heterocycles. The Morgan fingerprint density at radius 3 is 2.03 bits per heavy atom. The molecule has 1 aromatic heterocycles. The Hall–Kier alpha value is -3.53. The number of carbonyl (C=O) groups is 2. The Morgan fingerprint density at radius 2 is 1.52 bits per heavy atom. The number of amides is 2. The number of aromatic nitrogens is 1. The van der Waals surface area contributed by atoms with Gasteiger partial charge in [0.2, 0.25) is 11.8 Å². The number of rotatable bonds is 6. The lowest BCUT2D eigenvalue weighted by Gasteiger charge is -2.18. The molecule has 12 heteroatoms. The van der Waals surface area contributed by atoms with Gasteiger partial charge in [-0.05, 0) is 24.3 Å². The normalized spacial score (nSPS) is 12.4. The third kappa shape index (κ3) is 5.98. The highest BCUT2D eigenvalue weighted by Gasteiger charge is 2.22. The highest BCUT2D eigenvalue weighted by Crippen LogP contribution is 2.16. The summed E-state index contributed by atoms with van der Waals surface area (Å²) >= 11 is 0. The first-order valence-electron chi connectivity index (χ1n) is 8.77. The van der Waals surface area contributed by atoms with E-state index in [1.807, 2.05) is 5.92 Å². The number of anilines is 1. The molecule has 164 valence electrons. The third-order valence-corrected chi connectivity index (χ3v) is 3.94. The van der Waals surface area contributed by atoms with Crippen LogP contribution in [0.2, 0.25) is 0 Å². The molecule has 2 atom stereocenters. The summed E-state index contributed by atoms with van der Waals surface area (Å²) in [7, 11) is 0. The average Bonchev–Trinajstić information content (AvgIpc) is 2.76. The molecule has 0 spiro atoms. The molecule has 0 aliphatic carbocycles. The maximum absolute atomic E-state index is 13.6. The van der Waals surface area contributed by atoms with Crippen molar-refractivity contribution in [3.63, 3.8) is 0 Å².